The third kappa shape index (κ3) is 78.3. The van der Waals surface area contributed by atoms with Crippen LogP contribution in [0.5, 0.6) is 0 Å². The lowest BCUT2D eigenvalue weighted by atomic mass is 10.2. The molecule has 0 fully saturated rings. The van der Waals surface area contributed by atoms with E-state index in [2.05, 4.69) is 5.32 Å². The smallest absolute Gasteiger partial charge is 0.306 e. The molecule has 0 radical (unpaired) electrons. The first kappa shape index (κ1) is 90.4. The SMILES string of the molecule is CCOC(=O)CCC(=O)N(CCCN)CCCNC(=O)CCOCCOCCOCCOCCOCCOCCOCCOCCOCCOCCOCCOCCOCCOCCOCCOCCOCCOCCOCCOCCOCCOCCOCCOC. The zero-order valence-corrected chi connectivity index (χ0v) is 56.8. The molecule has 31 heteroatoms. The molecule has 0 saturated heterocycles. The molecule has 2 amide bonds. The van der Waals surface area contributed by atoms with Gasteiger partial charge in [0.15, 0.2) is 0 Å². The van der Waals surface area contributed by atoms with Crippen molar-refractivity contribution in [1.29, 1.82) is 0 Å². The topological polar surface area (TPSA) is 323 Å². The molecule has 0 aliphatic rings. The fourth-order valence-corrected chi connectivity index (χ4v) is 7.08. The molecule has 0 saturated carbocycles. The van der Waals surface area contributed by atoms with Crippen molar-refractivity contribution in [3.8, 4) is 0 Å². The summed E-state index contributed by atoms with van der Waals surface area (Å²) in [5, 5.41) is 2.84. The number of esters is 1. The van der Waals surface area contributed by atoms with Crippen molar-refractivity contribution in [2.45, 2.75) is 39.0 Å². The van der Waals surface area contributed by atoms with Gasteiger partial charge in [0.25, 0.3) is 0 Å². The second-order valence-corrected chi connectivity index (χ2v) is 19.4. The van der Waals surface area contributed by atoms with Crippen molar-refractivity contribution in [2.75, 3.05) is 350 Å². The fourth-order valence-electron chi connectivity index (χ4n) is 7.08. The molecular formula is C62H123N3O28. The number of methoxy groups -OCH3 is 1. The van der Waals surface area contributed by atoms with E-state index in [9.17, 15) is 14.4 Å². The van der Waals surface area contributed by atoms with Gasteiger partial charge < -0.3 is 134 Å². The van der Waals surface area contributed by atoms with Crippen LogP contribution in [0.1, 0.15) is 39.0 Å². The normalized spacial score (nSPS) is 11.6. The number of nitrogens with zero attached hydrogens (tertiary/aromatic N) is 1. The number of hydrogen-bond acceptors (Lipinski definition) is 29. The first-order valence-electron chi connectivity index (χ1n) is 33.2. The van der Waals surface area contributed by atoms with E-state index < -0.39 is 5.97 Å². The van der Waals surface area contributed by atoms with Gasteiger partial charge in [-0.25, -0.2) is 0 Å². The Kier molecular flexibility index (Phi) is 79.6. The van der Waals surface area contributed by atoms with Gasteiger partial charge in [-0.05, 0) is 26.3 Å². The van der Waals surface area contributed by atoms with Gasteiger partial charge in [-0.1, -0.05) is 0 Å². The molecule has 0 bridgehead atoms. The zero-order chi connectivity index (χ0) is 67.0. The highest BCUT2D eigenvalue weighted by Crippen LogP contribution is 2.03. The average molecular weight is 1360 g/mol. The third-order valence-electron chi connectivity index (χ3n) is 11.8. The van der Waals surface area contributed by atoms with E-state index in [4.69, 9.17) is 124 Å². The lowest BCUT2D eigenvalue weighted by molar-refractivity contribution is -0.145. The van der Waals surface area contributed by atoms with Crippen LogP contribution in [0.25, 0.3) is 0 Å². The molecule has 0 unspecified atom stereocenters. The molecule has 0 rings (SSSR count). The van der Waals surface area contributed by atoms with E-state index >= 15 is 0 Å². The van der Waals surface area contributed by atoms with Gasteiger partial charge in [0.1, 0.15) is 0 Å². The number of amides is 2. The molecule has 0 aromatic heterocycles. The van der Waals surface area contributed by atoms with E-state index in [-0.39, 0.29) is 44.3 Å². The van der Waals surface area contributed by atoms with Crippen molar-refractivity contribution in [2.24, 2.45) is 5.73 Å². The molecule has 0 aromatic rings. The maximum Gasteiger partial charge on any atom is 0.306 e. The van der Waals surface area contributed by atoms with Crippen molar-refractivity contribution in [3.63, 3.8) is 0 Å². The van der Waals surface area contributed by atoms with E-state index in [0.717, 1.165) is 0 Å². The maximum absolute atomic E-state index is 12.5. The van der Waals surface area contributed by atoms with Crippen LogP contribution >= 0.6 is 0 Å². The molecule has 0 heterocycles. The molecule has 0 spiro atoms. The highest BCUT2D eigenvalue weighted by atomic mass is 16.6. The van der Waals surface area contributed by atoms with Crippen LogP contribution in [0.3, 0.4) is 0 Å². The number of hydrogen-bond donors (Lipinski definition) is 2. The third-order valence-corrected chi connectivity index (χ3v) is 11.8. The molecular weight excluding hydrogens is 1230 g/mol. The van der Waals surface area contributed by atoms with E-state index in [1.54, 1.807) is 18.9 Å². The number of carbonyl (C=O) groups is 3. The van der Waals surface area contributed by atoms with Crippen LogP contribution in [-0.2, 0) is 133 Å². The fraction of sp³-hybridized carbons (Fsp3) is 0.952. The Morgan fingerprint density at radius 3 is 0.720 bits per heavy atom. The Balaban J connectivity index is 3.20. The highest BCUT2D eigenvalue weighted by molar-refractivity contribution is 5.81. The van der Waals surface area contributed by atoms with Crippen LogP contribution in [-0.4, -0.2) is 373 Å². The molecule has 93 heavy (non-hydrogen) atoms. The first-order chi connectivity index (χ1) is 46.0. The molecule has 31 nitrogen and oxygen atoms in total. The standard InChI is InChI=1S/C62H123N3O28/c1-3-93-62(68)7-6-61(67)65(11-4-9-63)12-5-10-64-60(66)8-13-70-16-17-72-20-21-74-24-25-76-28-29-78-32-33-80-36-37-82-40-41-84-44-45-86-48-49-88-52-53-90-56-57-92-59-58-91-55-54-89-51-50-87-47-46-85-43-42-83-39-38-81-35-34-79-31-30-77-27-26-75-23-22-73-19-18-71-15-14-69-2/h3-59,63H2,1-2H3,(H,64,66). The van der Waals surface area contributed by atoms with E-state index in [1.807, 2.05) is 0 Å². The summed E-state index contributed by atoms with van der Waals surface area (Å²) in [4.78, 5) is 37.9. The van der Waals surface area contributed by atoms with E-state index in [1.165, 1.54) is 0 Å². The lowest BCUT2D eigenvalue weighted by Gasteiger charge is -2.22. The predicted molar refractivity (Wildman–Crippen MR) is 339 cm³/mol. The molecule has 0 aliphatic heterocycles. The number of ether oxygens (including phenoxy) is 25. The van der Waals surface area contributed by atoms with Crippen molar-refractivity contribution < 1.29 is 133 Å². The predicted octanol–water partition coefficient (Wildman–Crippen LogP) is 0.432. The van der Waals surface area contributed by atoms with Gasteiger partial charge in [0, 0.05) is 39.6 Å². The summed E-state index contributed by atoms with van der Waals surface area (Å²) in [6, 6.07) is 0. The molecule has 0 aromatic carbocycles. The summed E-state index contributed by atoms with van der Waals surface area (Å²) >= 11 is 0. The van der Waals surface area contributed by atoms with Gasteiger partial charge in [-0.15, -0.1) is 0 Å². The number of nitrogens with one attached hydrogen (secondary N) is 1. The van der Waals surface area contributed by atoms with Gasteiger partial charge in [0.05, 0.1) is 324 Å². The summed E-state index contributed by atoms with van der Waals surface area (Å²) in [7, 11) is 1.64. The van der Waals surface area contributed by atoms with E-state index in [0.29, 0.717) is 343 Å². The molecule has 3 N–H and O–H groups in total. The minimum Gasteiger partial charge on any atom is -0.466 e. The van der Waals surface area contributed by atoms with Crippen LogP contribution in [0.15, 0.2) is 0 Å². The maximum atomic E-state index is 12.5. The Labute approximate surface area is 554 Å². The number of carbonyl (C=O) groups excluding carboxylic acids is 3. The van der Waals surface area contributed by atoms with Crippen LogP contribution in [0.2, 0.25) is 0 Å². The Hall–Kier alpha value is -2.59. The Bertz CT molecular complexity index is 1480. The minimum atomic E-state index is -0.392. The molecule has 554 valence electrons. The van der Waals surface area contributed by atoms with Crippen LogP contribution in [0.4, 0.5) is 0 Å². The summed E-state index contributed by atoms with van der Waals surface area (Å²) in [6.07, 6.45) is 1.60. The van der Waals surface area contributed by atoms with Crippen molar-refractivity contribution >= 4 is 17.8 Å². The van der Waals surface area contributed by atoms with Crippen molar-refractivity contribution in [1.82, 2.24) is 10.2 Å². The van der Waals surface area contributed by atoms with Crippen molar-refractivity contribution in [3.05, 3.63) is 0 Å². The largest absolute Gasteiger partial charge is 0.466 e. The van der Waals surface area contributed by atoms with Gasteiger partial charge in [-0.3, -0.25) is 14.4 Å². The van der Waals surface area contributed by atoms with Crippen LogP contribution < -0.4 is 11.1 Å². The number of rotatable bonds is 83. The van der Waals surface area contributed by atoms with Gasteiger partial charge in [0.2, 0.25) is 11.8 Å². The van der Waals surface area contributed by atoms with Gasteiger partial charge in [-0.2, -0.15) is 0 Å². The highest BCUT2D eigenvalue weighted by Gasteiger charge is 2.15. The summed E-state index contributed by atoms with van der Waals surface area (Å²) < 4.78 is 136. The first-order valence-corrected chi connectivity index (χ1v) is 33.2. The minimum absolute atomic E-state index is 0.0447. The van der Waals surface area contributed by atoms with Crippen LogP contribution in [0, 0.1) is 0 Å². The average Bonchev–Trinajstić information content (AvgIpc) is 3.68. The monoisotopic (exact) mass is 1360 g/mol. The lowest BCUT2D eigenvalue weighted by Crippen LogP contribution is -2.36. The molecule has 0 aliphatic carbocycles. The second kappa shape index (κ2) is 81.8. The second-order valence-electron chi connectivity index (χ2n) is 19.4. The molecule has 0 atom stereocenters. The van der Waals surface area contributed by atoms with Gasteiger partial charge >= 0.3 is 5.97 Å². The zero-order valence-electron chi connectivity index (χ0n) is 56.8. The Morgan fingerprint density at radius 2 is 0.505 bits per heavy atom. The summed E-state index contributed by atoms with van der Waals surface area (Å²) in [5.74, 6) is -0.652. The Morgan fingerprint density at radius 1 is 0.290 bits per heavy atom. The quantitative estimate of drug-likeness (QED) is 0.0616. The number of nitrogens with two attached hydrogens (primary N) is 1. The summed E-state index contributed by atoms with van der Waals surface area (Å²) in [5.41, 5.74) is 5.61. The summed E-state index contributed by atoms with van der Waals surface area (Å²) in [6.45, 7) is 26.2.